The molecule has 2 aromatic heterocycles. The Labute approximate surface area is 317 Å². The first-order valence-electron chi connectivity index (χ1n) is 18.0. The number of nitrogens with zero attached hydrogens (tertiary/aromatic N) is 3. The largest absolute Gasteiger partial charge is 0.453 e. The van der Waals surface area contributed by atoms with E-state index in [9.17, 15) is 19.2 Å². The minimum Gasteiger partial charge on any atom is -0.453 e. The first kappa shape index (κ1) is 42.3. The summed E-state index contributed by atoms with van der Waals surface area (Å²) in [5.74, 6) is 7.39. The third kappa shape index (κ3) is 12.5. The van der Waals surface area contributed by atoms with Gasteiger partial charge in [-0.15, -0.1) is 0 Å². The van der Waals surface area contributed by atoms with Gasteiger partial charge in [-0.05, 0) is 54.2 Å². The highest BCUT2D eigenvalue weighted by atomic mass is 16.5. The number of likely N-dealkylation sites (tertiary alicyclic amines) is 1. The number of nitrogens with one attached hydrogen (secondary N) is 4. The van der Waals surface area contributed by atoms with Crippen LogP contribution < -0.4 is 16.4 Å². The van der Waals surface area contributed by atoms with Gasteiger partial charge in [-0.3, -0.25) is 9.59 Å². The maximum absolute atomic E-state index is 13.4. The zero-order chi connectivity index (χ0) is 39.6. The summed E-state index contributed by atoms with van der Waals surface area (Å²) in [5, 5.41) is 4.78. The number of alkyl carbamates (subject to hydrolysis) is 2. The van der Waals surface area contributed by atoms with E-state index in [1.165, 1.54) is 20.6 Å². The van der Waals surface area contributed by atoms with Gasteiger partial charge in [0.2, 0.25) is 11.8 Å². The van der Waals surface area contributed by atoms with Crippen molar-refractivity contribution in [3.05, 3.63) is 83.7 Å². The molecule has 4 amide bonds. The van der Waals surface area contributed by atoms with Crippen LogP contribution in [-0.2, 0) is 25.5 Å². The van der Waals surface area contributed by atoms with E-state index in [-0.39, 0.29) is 24.4 Å². The summed E-state index contributed by atoms with van der Waals surface area (Å²) in [4.78, 5) is 62.9. The lowest BCUT2D eigenvalue weighted by Gasteiger charge is -2.30. The van der Waals surface area contributed by atoms with Gasteiger partial charge < -0.3 is 40.7 Å². The lowest BCUT2D eigenvalue weighted by atomic mass is 10.0. The van der Waals surface area contributed by atoms with Crippen LogP contribution in [0.25, 0.3) is 22.5 Å². The monoisotopic (exact) mass is 740 g/mol. The highest BCUT2D eigenvalue weighted by Gasteiger charge is 2.37. The molecular formula is C40H52N8O6. The fourth-order valence-corrected chi connectivity index (χ4v) is 5.38. The average molecular weight is 741 g/mol. The number of aromatic amines is 2. The first-order valence-corrected chi connectivity index (χ1v) is 18.0. The number of ether oxygens (including phenoxy) is 2. The summed E-state index contributed by atoms with van der Waals surface area (Å²) in [6.45, 7) is 10.6. The van der Waals surface area contributed by atoms with Crippen LogP contribution in [0.2, 0.25) is 0 Å². The van der Waals surface area contributed by atoms with Crippen molar-refractivity contribution in [2.24, 2.45) is 11.7 Å². The van der Waals surface area contributed by atoms with E-state index >= 15 is 0 Å². The van der Waals surface area contributed by atoms with Gasteiger partial charge in [-0.2, -0.15) is 0 Å². The Hall–Kier alpha value is -6.10. The van der Waals surface area contributed by atoms with Gasteiger partial charge in [-0.1, -0.05) is 77.1 Å². The summed E-state index contributed by atoms with van der Waals surface area (Å²) in [6, 6.07) is 15.3. The van der Waals surface area contributed by atoms with Crippen LogP contribution in [0, 0.1) is 17.8 Å². The van der Waals surface area contributed by atoms with Crippen LogP contribution in [0.5, 0.6) is 0 Å². The summed E-state index contributed by atoms with van der Waals surface area (Å²) >= 11 is 0. The Bertz CT molecular complexity index is 1870. The molecule has 0 bridgehead atoms. The van der Waals surface area contributed by atoms with E-state index in [2.05, 4.69) is 73.7 Å². The van der Waals surface area contributed by atoms with Gasteiger partial charge in [0.05, 0.1) is 50.6 Å². The number of primary amides is 1. The molecule has 3 heterocycles. The number of aryl methyl sites for hydroxylation is 1. The molecule has 1 aliphatic heterocycles. The van der Waals surface area contributed by atoms with Crippen LogP contribution in [-0.4, -0.2) is 82.2 Å². The van der Waals surface area contributed by atoms with Crippen molar-refractivity contribution >= 4 is 24.0 Å². The first-order chi connectivity index (χ1) is 25.9. The van der Waals surface area contributed by atoms with E-state index < -0.39 is 24.1 Å². The number of benzene rings is 2. The second-order valence-corrected chi connectivity index (χ2v) is 12.7. The molecule has 6 N–H and O–H groups in total. The van der Waals surface area contributed by atoms with Crippen molar-refractivity contribution in [1.82, 2.24) is 35.5 Å². The molecule has 2 aromatic carbocycles. The predicted molar refractivity (Wildman–Crippen MR) is 207 cm³/mol. The molecule has 54 heavy (non-hydrogen) atoms. The van der Waals surface area contributed by atoms with E-state index in [1.807, 2.05) is 73.5 Å². The minimum absolute atomic E-state index is 0.0814. The number of rotatable bonds is 9. The summed E-state index contributed by atoms with van der Waals surface area (Å²) in [6.07, 6.45) is 6.19. The smallest absolute Gasteiger partial charge is 0.407 e. The molecule has 1 fully saturated rings. The molecule has 4 aromatic rings. The molecule has 2 atom stereocenters. The third-order valence-corrected chi connectivity index (χ3v) is 8.14. The molecule has 14 heteroatoms. The minimum atomic E-state index is -0.663. The molecule has 2 unspecified atom stereocenters. The number of methoxy groups -OCH3 is 2. The standard InChI is InChI=1S/C33H36N6O3.C4H8N2O3.C3H8/c1-5-29-34-19-26(36-29)24-14-10-22(11-15-24)8-9-23-12-16-25(17-13-23)27-20-35-31(37-27)28-7-6-18-39(28)32(40)30(21(2)3)38-33(41)42-4;1-9-4(8)6-2-3(5)7;1-3-2/h10-17,19-21,28,30H,5-7,18H2,1-4H3,(H,34,36)(H,35,37)(H,38,41);2H2,1H3,(H2,5,7)(H,6,8);3H2,1-2H3. The second-order valence-electron chi connectivity index (χ2n) is 12.7. The quantitative estimate of drug-likeness (QED) is 0.134. The molecule has 14 nitrogen and oxygen atoms in total. The van der Waals surface area contributed by atoms with Crippen LogP contribution in [0.15, 0.2) is 60.9 Å². The van der Waals surface area contributed by atoms with Crippen molar-refractivity contribution in [2.75, 3.05) is 27.3 Å². The number of amides is 4. The lowest BCUT2D eigenvalue weighted by molar-refractivity contribution is -0.135. The topological polar surface area (TPSA) is 197 Å². The van der Waals surface area contributed by atoms with Crippen molar-refractivity contribution in [1.29, 1.82) is 0 Å². The van der Waals surface area contributed by atoms with Gasteiger partial charge in [0.15, 0.2) is 0 Å². The molecule has 0 saturated carbocycles. The molecule has 1 saturated heterocycles. The number of imidazole rings is 2. The number of hydrogen-bond acceptors (Lipinski definition) is 8. The van der Waals surface area contributed by atoms with Crippen molar-refractivity contribution in [3.63, 3.8) is 0 Å². The van der Waals surface area contributed by atoms with Gasteiger partial charge in [0.25, 0.3) is 0 Å². The van der Waals surface area contributed by atoms with Crippen LogP contribution in [0.3, 0.4) is 0 Å². The van der Waals surface area contributed by atoms with Crippen LogP contribution in [0.1, 0.15) is 82.7 Å². The number of nitrogens with two attached hydrogens (primary N) is 1. The zero-order valence-electron chi connectivity index (χ0n) is 32.1. The van der Waals surface area contributed by atoms with Gasteiger partial charge in [0.1, 0.15) is 17.7 Å². The average Bonchev–Trinajstić information content (AvgIpc) is 3.97. The number of H-pyrrole nitrogens is 2. The molecule has 0 aliphatic carbocycles. The lowest BCUT2D eigenvalue weighted by Crippen LogP contribution is -2.51. The predicted octanol–water partition coefficient (Wildman–Crippen LogP) is 5.72. The Morgan fingerprint density at radius 1 is 0.870 bits per heavy atom. The number of aromatic nitrogens is 4. The number of hydrogen-bond donors (Lipinski definition) is 5. The molecular weight excluding hydrogens is 688 g/mol. The Morgan fingerprint density at radius 3 is 1.89 bits per heavy atom. The highest BCUT2D eigenvalue weighted by molar-refractivity contribution is 5.86. The van der Waals surface area contributed by atoms with Gasteiger partial charge in [0, 0.05) is 24.1 Å². The van der Waals surface area contributed by atoms with Crippen molar-refractivity contribution < 1.29 is 28.7 Å². The van der Waals surface area contributed by atoms with Crippen LogP contribution >= 0.6 is 0 Å². The van der Waals surface area contributed by atoms with E-state index in [4.69, 9.17) is 4.74 Å². The third-order valence-electron chi connectivity index (χ3n) is 8.14. The maximum atomic E-state index is 13.4. The zero-order valence-corrected chi connectivity index (χ0v) is 32.1. The summed E-state index contributed by atoms with van der Waals surface area (Å²) < 4.78 is 8.87. The maximum Gasteiger partial charge on any atom is 0.407 e. The Morgan fingerprint density at radius 2 is 1.41 bits per heavy atom. The normalized spacial score (nSPS) is 13.6. The van der Waals surface area contributed by atoms with Crippen molar-refractivity contribution in [3.8, 4) is 34.4 Å². The molecule has 5 rings (SSSR count). The SMILES string of the molecule is CCC.CCc1ncc(-c2ccc(C#Cc3ccc(-c4cnc(C5CCCN5C(=O)C(NC(=O)OC)C(C)C)[nH]4)cc3)cc2)[nH]1.COC(=O)NCC(N)=O. The highest BCUT2D eigenvalue weighted by Crippen LogP contribution is 2.32. The fraction of sp³-hybridized carbons (Fsp3) is 0.400. The summed E-state index contributed by atoms with van der Waals surface area (Å²) in [5.41, 5.74) is 10.5. The van der Waals surface area contributed by atoms with E-state index in [0.29, 0.717) is 6.54 Å². The van der Waals surface area contributed by atoms with E-state index in [0.717, 1.165) is 64.6 Å². The van der Waals surface area contributed by atoms with E-state index in [1.54, 1.807) is 6.20 Å². The van der Waals surface area contributed by atoms with Gasteiger partial charge in [-0.25, -0.2) is 19.6 Å². The molecule has 0 radical (unpaired) electrons. The van der Waals surface area contributed by atoms with Gasteiger partial charge >= 0.3 is 12.2 Å². The number of carbonyl (C=O) groups is 4. The number of carbonyl (C=O) groups excluding carboxylic acids is 4. The molecule has 1 aliphatic rings. The van der Waals surface area contributed by atoms with Crippen LogP contribution in [0.4, 0.5) is 9.59 Å². The molecule has 288 valence electrons. The second kappa shape index (κ2) is 21.4. The molecule has 0 spiro atoms. The fourth-order valence-electron chi connectivity index (χ4n) is 5.38. The Balaban J connectivity index is 0.000000567. The Kier molecular flexibility index (Phi) is 16.8. The summed E-state index contributed by atoms with van der Waals surface area (Å²) in [7, 11) is 2.50. The van der Waals surface area contributed by atoms with Crippen molar-refractivity contribution in [2.45, 2.75) is 72.4 Å².